The second kappa shape index (κ2) is 16.8. The molecule has 0 spiro atoms. The molecule has 5 heteroatoms. The van der Waals surface area contributed by atoms with Gasteiger partial charge in [0.2, 0.25) is 0 Å². The van der Waals surface area contributed by atoms with Gasteiger partial charge in [0.15, 0.2) is 11.5 Å². The third kappa shape index (κ3) is 9.92. The van der Waals surface area contributed by atoms with Crippen molar-refractivity contribution in [1.82, 2.24) is 5.32 Å². The number of benzene rings is 2. The molecule has 44 heavy (non-hydrogen) atoms. The number of allylic oxidation sites excluding steroid dienone is 6. The third-order valence-electron chi connectivity index (χ3n) is 9.06. The van der Waals surface area contributed by atoms with Gasteiger partial charge in [0.05, 0.1) is 14.2 Å². The molecule has 0 amide bonds. The molecule has 2 aromatic rings. The minimum atomic E-state index is -0.211. The van der Waals surface area contributed by atoms with Crippen molar-refractivity contribution in [2.24, 2.45) is 0 Å². The zero-order chi connectivity index (χ0) is 32.3. The van der Waals surface area contributed by atoms with Gasteiger partial charge in [-0.05, 0) is 142 Å². The highest BCUT2D eigenvalue weighted by Crippen LogP contribution is 2.44. The predicted octanol–water partition coefficient (Wildman–Crippen LogP) is 9.64. The van der Waals surface area contributed by atoms with E-state index in [-0.39, 0.29) is 5.60 Å². The molecule has 242 valence electrons. The molecule has 0 bridgehead atoms. The van der Waals surface area contributed by atoms with Gasteiger partial charge < -0.3 is 24.6 Å². The van der Waals surface area contributed by atoms with E-state index in [1.54, 1.807) is 14.2 Å². The van der Waals surface area contributed by atoms with Crippen molar-refractivity contribution in [3.63, 3.8) is 0 Å². The van der Waals surface area contributed by atoms with Crippen molar-refractivity contribution in [1.29, 1.82) is 0 Å². The van der Waals surface area contributed by atoms with Crippen LogP contribution >= 0.6 is 0 Å². The van der Waals surface area contributed by atoms with Crippen LogP contribution in [0.1, 0.15) is 107 Å². The molecule has 0 saturated heterocycles. The number of hydrogen-bond donors (Lipinski definition) is 2. The van der Waals surface area contributed by atoms with Crippen LogP contribution in [0, 0.1) is 13.8 Å². The maximum Gasteiger partial charge on any atom is 0.160 e. The molecule has 1 aliphatic heterocycles. The molecule has 2 aromatic carbocycles. The fraction of sp³-hybridized carbons (Fsp3) is 0.538. The summed E-state index contributed by atoms with van der Waals surface area (Å²) in [5.41, 5.74) is 9.38. The Labute approximate surface area is 267 Å². The maximum absolute atomic E-state index is 11.1. The van der Waals surface area contributed by atoms with Gasteiger partial charge in [0.25, 0.3) is 0 Å². The molecule has 0 aliphatic carbocycles. The van der Waals surface area contributed by atoms with Crippen molar-refractivity contribution >= 4 is 0 Å². The molecule has 0 radical (unpaired) electrons. The first-order valence-electron chi connectivity index (χ1n) is 16.4. The Kier molecular flexibility index (Phi) is 13.5. The zero-order valence-electron chi connectivity index (χ0n) is 28.9. The quantitative estimate of drug-likeness (QED) is 0.148. The van der Waals surface area contributed by atoms with E-state index in [0.29, 0.717) is 12.3 Å². The van der Waals surface area contributed by atoms with Gasteiger partial charge in [-0.15, -0.1) is 0 Å². The number of ether oxygens (including phenoxy) is 3. The van der Waals surface area contributed by atoms with Crippen LogP contribution in [0.15, 0.2) is 53.1 Å². The van der Waals surface area contributed by atoms with Crippen LogP contribution in [0.25, 0.3) is 0 Å². The minimum Gasteiger partial charge on any atom is -0.507 e. The summed E-state index contributed by atoms with van der Waals surface area (Å²) in [6, 6.07) is 6.03. The zero-order valence-corrected chi connectivity index (χ0v) is 28.9. The Hall–Kier alpha value is -3.18. The van der Waals surface area contributed by atoms with Gasteiger partial charge in [-0.1, -0.05) is 41.0 Å². The first-order valence-corrected chi connectivity index (χ1v) is 16.4. The normalized spacial score (nSPS) is 16.8. The van der Waals surface area contributed by atoms with Gasteiger partial charge in [-0.25, -0.2) is 0 Å². The van der Waals surface area contributed by atoms with Gasteiger partial charge >= 0.3 is 0 Å². The van der Waals surface area contributed by atoms with E-state index in [1.807, 2.05) is 19.1 Å². The lowest BCUT2D eigenvalue weighted by Crippen LogP contribution is -2.37. The highest BCUT2D eigenvalue weighted by molar-refractivity contribution is 5.59. The standard InChI is InChI=1S/C39H57NO4/c1-27(2)13-10-14-28(3)15-11-16-29(4)17-12-22-39(7)23-20-33-34(37(41)30(5)31(6)38(33)44-39)26-40-24-21-32-18-19-35(42-8)36(25-32)43-9/h13,15,17-19,25,40-41H,10-12,14,16,20-24,26H2,1-9H3/b28-15+,29-17+/t39-/m1/s1. The Morgan fingerprint density at radius 2 is 1.59 bits per heavy atom. The molecule has 0 saturated carbocycles. The van der Waals surface area contributed by atoms with Crippen LogP contribution in [0.5, 0.6) is 23.0 Å². The smallest absolute Gasteiger partial charge is 0.160 e. The first kappa shape index (κ1) is 35.3. The van der Waals surface area contributed by atoms with E-state index in [0.717, 1.165) is 104 Å². The SMILES string of the molecule is COc1ccc(CCNCc2c(O)c(C)c(C)c3c2CC[C@@](C)(CC/C=C(\C)CC/C=C(\C)CCC=C(C)C)O3)cc1OC. The van der Waals surface area contributed by atoms with Crippen molar-refractivity contribution in [2.75, 3.05) is 20.8 Å². The van der Waals surface area contributed by atoms with Crippen molar-refractivity contribution in [3.05, 3.63) is 81.0 Å². The number of hydrogen-bond acceptors (Lipinski definition) is 5. The lowest BCUT2D eigenvalue weighted by molar-refractivity contribution is 0.0557. The first-order chi connectivity index (χ1) is 21.0. The molecular formula is C39H57NO4. The second-order valence-electron chi connectivity index (χ2n) is 13.1. The van der Waals surface area contributed by atoms with Crippen LogP contribution in [0.2, 0.25) is 0 Å². The van der Waals surface area contributed by atoms with E-state index in [1.165, 1.54) is 22.3 Å². The molecule has 0 unspecified atom stereocenters. The predicted molar refractivity (Wildman–Crippen MR) is 185 cm³/mol. The molecule has 1 atom stereocenters. The molecule has 0 aromatic heterocycles. The number of phenols is 1. The fourth-order valence-electron chi connectivity index (χ4n) is 5.98. The Morgan fingerprint density at radius 3 is 2.25 bits per heavy atom. The lowest BCUT2D eigenvalue weighted by atomic mass is 9.84. The van der Waals surface area contributed by atoms with E-state index >= 15 is 0 Å². The molecule has 1 aliphatic rings. The number of aromatic hydroxyl groups is 1. The topological polar surface area (TPSA) is 60.0 Å². The van der Waals surface area contributed by atoms with Crippen LogP contribution in [-0.4, -0.2) is 31.5 Å². The van der Waals surface area contributed by atoms with Crippen molar-refractivity contribution in [3.8, 4) is 23.0 Å². The molecular weight excluding hydrogens is 546 g/mol. The van der Waals surface area contributed by atoms with Crippen molar-refractivity contribution < 1.29 is 19.3 Å². The van der Waals surface area contributed by atoms with Gasteiger partial charge in [0, 0.05) is 17.7 Å². The van der Waals surface area contributed by atoms with Crippen LogP contribution in [-0.2, 0) is 19.4 Å². The maximum atomic E-state index is 11.1. The summed E-state index contributed by atoms with van der Waals surface area (Å²) in [5.74, 6) is 2.84. The summed E-state index contributed by atoms with van der Waals surface area (Å²) in [6.07, 6.45) is 16.3. The Bertz CT molecular complexity index is 1350. The Morgan fingerprint density at radius 1 is 0.932 bits per heavy atom. The number of nitrogens with one attached hydrogen (secondary N) is 1. The van der Waals surface area contributed by atoms with Crippen molar-refractivity contribution in [2.45, 2.75) is 118 Å². The van der Waals surface area contributed by atoms with Crippen LogP contribution in [0.4, 0.5) is 0 Å². The minimum absolute atomic E-state index is 0.211. The summed E-state index contributed by atoms with van der Waals surface area (Å²) in [7, 11) is 3.31. The second-order valence-corrected chi connectivity index (χ2v) is 13.1. The summed E-state index contributed by atoms with van der Waals surface area (Å²) >= 11 is 0. The highest BCUT2D eigenvalue weighted by atomic mass is 16.5. The number of rotatable bonds is 16. The molecule has 5 nitrogen and oxygen atoms in total. The molecule has 0 fully saturated rings. The van der Waals surface area contributed by atoms with E-state index in [9.17, 15) is 5.11 Å². The lowest BCUT2D eigenvalue weighted by Gasteiger charge is -2.38. The number of fused-ring (bicyclic) bond motifs is 1. The largest absolute Gasteiger partial charge is 0.507 e. The monoisotopic (exact) mass is 603 g/mol. The molecule has 2 N–H and O–H groups in total. The van der Waals surface area contributed by atoms with Crippen LogP contribution in [0.3, 0.4) is 0 Å². The van der Waals surface area contributed by atoms with Gasteiger partial charge in [0.1, 0.15) is 17.1 Å². The van der Waals surface area contributed by atoms with E-state index in [2.05, 4.69) is 71.2 Å². The van der Waals surface area contributed by atoms with Gasteiger partial charge in [-0.2, -0.15) is 0 Å². The van der Waals surface area contributed by atoms with E-state index in [4.69, 9.17) is 14.2 Å². The van der Waals surface area contributed by atoms with E-state index < -0.39 is 0 Å². The Balaban J connectivity index is 1.57. The average Bonchev–Trinajstić information content (AvgIpc) is 2.99. The van der Waals surface area contributed by atoms with Crippen LogP contribution < -0.4 is 19.5 Å². The third-order valence-corrected chi connectivity index (χ3v) is 9.06. The summed E-state index contributed by atoms with van der Waals surface area (Å²) in [6.45, 7) is 16.6. The highest BCUT2D eigenvalue weighted by Gasteiger charge is 2.34. The summed E-state index contributed by atoms with van der Waals surface area (Å²) < 4.78 is 17.6. The summed E-state index contributed by atoms with van der Waals surface area (Å²) in [5, 5.41) is 14.7. The number of phenolic OH excluding ortho intramolecular Hbond substituents is 1. The average molecular weight is 604 g/mol. The molecule has 3 rings (SSSR count). The summed E-state index contributed by atoms with van der Waals surface area (Å²) in [4.78, 5) is 0. The van der Waals surface area contributed by atoms with Gasteiger partial charge in [-0.3, -0.25) is 0 Å². The molecule has 1 heterocycles. The fourth-order valence-corrected chi connectivity index (χ4v) is 5.98. The number of methoxy groups -OCH3 is 2.